The van der Waals surface area contributed by atoms with Gasteiger partial charge in [0.05, 0.1) is 10.5 Å². The van der Waals surface area contributed by atoms with Crippen LogP contribution in [0.3, 0.4) is 0 Å². The second-order valence-electron chi connectivity index (χ2n) is 4.31. The van der Waals surface area contributed by atoms with Crippen LogP contribution >= 0.6 is 0 Å². The zero-order chi connectivity index (χ0) is 15.3. The van der Waals surface area contributed by atoms with E-state index in [4.69, 9.17) is 4.74 Å². The third-order valence-corrected chi connectivity index (χ3v) is 2.68. The summed E-state index contributed by atoms with van der Waals surface area (Å²) in [4.78, 5) is 10.0. The molecule has 0 saturated heterocycles. The molecule has 112 valence electrons. The van der Waals surface area contributed by atoms with Gasteiger partial charge in [-0.3, -0.25) is 10.1 Å². The molecule has 0 fully saturated rings. The Morgan fingerprint density at radius 1 is 1.45 bits per heavy atom. The van der Waals surface area contributed by atoms with Crippen molar-refractivity contribution in [3.63, 3.8) is 0 Å². The lowest BCUT2D eigenvalue weighted by molar-refractivity contribution is -0.384. The normalized spacial score (nSPS) is 13.1. The van der Waals surface area contributed by atoms with Crippen molar-refractivity contribution in [1.29, 1.82) is 0 Å². The highest BCUT2D eigenvalue weighted by molar-refractivity contribution is 5.63. The van der Waals surface area contributed by atoms with Crippen LogP contribution < -0.4 is 5.32 Å². The second kappa shape index (κ2) is 6.56. The number of nitro benzene ring substituents is 1. The Kier molecular flexibility index (Phi) is 5.32. The number of anilines is 1. The number of benzene rings is 1. The van der Waals surface area contributed by atoms with E-state index in [-0.39, 0.29) is 11.7 Å². The molecule has 0 heterocycles. The summed E-state index contributed by atoms with van der Waals surface area (Å²) in [6, 6.07) is 2.26. The average Bonchev–Trinajstić information content (AvgIpc) is 2.35. The number of halogens is 3. The van der Waals surface area contributed by atoms with Crippen molar-refractivity contribution in [3.05, 3.63) is 33.9 Å². The quantitative estimate of drug-likeness (QED) is 0.644. The van der Waals surface area contributed by atoms with Gasteiger partial charge in [-0.15, -0.1) is 0 Å². The number of rotatable bonds is 6. The third kappa shape index (κ3) is 4.37. The Morgan fingerprint density at radius 3 is 2.60 bits per heavy atom. The minimum absolute atomic E-state index is 0.0617. The van der Waals surface area contributed by atoms with E-state index >= 15 is 0 Å². The molecule has 1 aromatic carbocycles. The minimum Gasteiger partial charge on any atom is -0.385 e. The molecule has 0 aliphatic rings. The fourth-order valence-corrected chi connectivity index (χ4v) is 1.61. The molecule has 0 saturated carbocycles. The Bertz CT molecular complexity index is 478. The van der Waals surface area contributed by atoms with Gasteiger partial charge in [0.25, 0.3) is 5.69 Å². The van der Waals surface area contributed by atoms with Crippen molar-refractivity contribution in [3.8, 4) is 0 Å². The van der Waals surface area contributed by atoms with Crippen LogP contribution in [0.2, 0.25) is 0 Å². The minimum atomic E-state index is -4.61. The molecule has 0 amide bonds. The smallest absolute Gasteiger partial charge is 0.385 e. The van der Waals surface area contributed by atoms with Gasteiger partial charge < -0.3 is 10.1 Å². The van der Waals surface area contributed by atoms with Crippen LogP contribution in [0.15, 0.2) is 18.2 Å². The Morgan fingerprint density at radius 2 is 2.10 bits per heavy atom. The first-order valence-electron chi connectivity index (χ1n) is 5.86. The van der Waals surface area contributed by atoms with Gasteiger partial charge >= 0.3 is 6.18 Å². The van der Waals surface area contributed by atoms with E-state index in [0.717, 1.165) is 12.1 Å². The van der Waals surface area contributed by atoms with E-state index in [2.05, 4.69) is 5.32 Å². The first-order valence-corrected chi connectivity index (χ1v) is 5.86. The van der Waals surface area contributed by atoms with Gasteiger partial charge in [0.1, 0.15) is 5.69 Å². The van der Waals surface area contributed by atoms with Gasteiger partial charge in [-0.25, -0.2) is 0 Å². The summed E-state index contributed by atoms with van der Waals surface area (Å²) in [5, 5.41) is 13.7. The lowest BCUT2D eigenvalue weighted by atomic mass is 10.1. The molecule has 0 aliphatic carbocycles. The summed E-state index contributed by atoms with van der Waals surface area (Å²) < 4.78 is 42.5. The van der Waals surface area contributed by atoms with Gasteiger partial charge in [-0.1, -0.05) is 0 Å². The standard InChI is InChI=1S/C12H15F3N2O3/c1-8(5-6-20-2)16-10-4-3-9(12(13,14)15)7-11(10)17(18)19/h3-4,7-8,16H,5-6H2,1-2H3. The van der Waals surface area contributed by atoms with E-state index in [0.29, 0.717) is 19.1 Å². The van der Waals surface area contributed by atoms with E-state index in [1.54, 1.807) is 6.92 Å². The number of nitrogens with zero attached hydrogens (tertiary/aromatic N) is 1. The Hall–Kier alpha value is -1.83. The lowest BCUT2D eigenvalue weighted by Crippen LogP contribution is -2.18. The summed E-state index contributed by atoms with van der Waals surface area (Å²) in [6.45, 7) is 2.21. The van der Waals surface area contributed by atoms with Crippen LogP contribution in [0.1, 0.15) is 18.9 Å². The molecule has 0 spiro atoms. The predicted octanol–water partition coefficient (Wildman–Crippen LogP) is 3.45. The monoisotopic (exact) mass is 292 g/mol. The van der Waals surface area contributed by atoms with Crippen LogP contribution in [-0.4, -0.2) is 24.7 Å². The average molecular weight is 292 g/mol. The van der Waals surface area contributed by atoms with Crippen molar-refractivity contribution in [2.75, 3.05) is 19.0 Å². The maximum Gasteiger partial charge on any atom is 0.416 e. The summed E-state index contributed by atoms with van der Waals surface area (Å²) in [7, 11) is 1.52. The maximum atomic E-state index is 12.5. The van der Waals surface area contributed by atoms with Crippen molar-refractivity contribution < 1.29 is 22.8 Å². The zero-order valence-corrected chi connectivity index (χ0v) is 11.0. The number of hydrogen-bond acceptors (Lipinski definition) is 4. The maximum absolute atomic E-state index is 12.5. The molecule has 1 atom stereocenters. The number of ether oxygens (including phenoxy) is 1. The molecule has 20 heavy (non-hydrogen) atoms. The molecule has 0 aromatic heterocycles. The van der Waals surface area contributed by atoms with Crippen LogP contribution in [0.4, 0.5) is 24.5 Å². The summed E-state index contributed by atoms with van der Waals surface area (Å²) in [6.07, 6.45) is -4.03. The molecular weight excluding hydrogens is 277 g/mol. The molecule has 1 N–H and O–H groups in total. The molecule has 1 unspecified atom stereocenters. The highest BCUT2D eigenvalue weighted by atomic mass is 19.4. The zero-order valence-electron chi connectivity index (χ0n) is 11.0. The van der Waals surface area contributed by atoms with E-state index < -0.39 is 22.4 Å². The summed E-state index contributed by atoms with van der Waals surface area (Å²) >= 11 is 0. The summed E-state index contributed by atoms with van der Waals surface area (Å²) in [5.74, 6) is 0. The van der Waals surface area contributed by atoms with E-state index in [1.165, 1.54) is 7.11 Å². The third-order valence-electron chi connectivity index (χ3n) is 2.68. The molecule has 0 aliphatic heterocycles. The highest BCUT2D eigenvalue weighted by Crippen LogP contribution is 2.35. The number of hydrogen-bond donors (Lipinski definition) is 1. The second-order valence-corrected chi connectivity index (χ2v) is 4.31. The summed E-state index contributed by atoms with van der Waals surface area (Å²) in [5.41, 5.74) is -1.57. The SMILES string of the molecule is COCCC(C)Nc1ccc(C(F)(F)F)cc1[N+](=O)[O-]. The lowest BCUT2D eigenvalue weighted by Gasteiger charge is -2.15. The molecular formula is C12H15F3N2O3. The predicted molar refractivity (Wildman–Crippen MR) is 67.7 cm³/mol. The van der Waals surface area contributed by atoms with Crippen LogP contribution in [-0.2, 0) is 10.9 Å². The fraction of sp³-hybridized carbons (Fsp3) is 0.500. The van der Waals surface area contributed by atoms with Crippen molar-refractivity contribution in [1.82, 2.24) is 0 Å². The van der Waals surface area contributed by atoms with Gasteiger partial charge in [-0.2, -0.15) is 13.2 Å². The van der Waals surface area contributed by atoms with Crippen molar-refractivity contribution in [2.24, 2.45) is 0 Å². The molecule has 8 heteroatoms. The van der Waals surface area contributed by atoms with E-state index in [9.17, 15) is 23.3 Å². The first kappa shape index (κ1) is 16.2. The molecule has 5 nitrogen and oxygen atoms in total. The van der Waals surface area contributed by atoms with Crippen LogP contribution in [0.5, 0.6) is 0 Å². The highest BCUT2D eigenvalue weighted by Gasteiger charge is 2.33. The van der Waals surface area contributed by atoms with Gasteiger partial charge in [0.2, 0.25) is 0 Å². The van der Waals surface area contributed by atoms with Gasteiger partial charge in [0, 0.05) is 25.8 Å². The number of nitrogens with one attached hydrogen (secondary N) is 1. The molecule has 1 aromatic rings. The van der Waals surface area contributed by atoms with Crippen molar-refractivity contribution >= 4 is 11.4 Å². The van der Waals surface area contributed by atoms with Crippen LogP contribution in [0, 0.1) is 10.1 Å². The van der Waals surface area contributed by atoms with Crippen molar-refractivity contribution in [2.45, 2.75) is 25.6 Å². The molecule has 0 radical (unpaired) electrons. The topological polar surface area (TPSA) is 64.4 Å². The Balaban J connectivity index is 2.99. The molecule has 0 bridgehead atoms. The number of nitro groups is 1. The molecule has 1 rings (SSSR count). The number of alkyl halides is 3. The largest absolute Gasteiger partial charge is 0.416 e. The van der Waals surface area contributed by atoms with E-state index in [1.807, 2.05) is 0 Å². The number of methoxy groups -OCH3 is 1. The van der Waals surface area contributed by atoms with Crippen LogP contribution in [0.25, 0.3) is 0 Å². The first-order chi connectivity index (χ1) is 9.25. The van der Waals surface area contributed by atoms with Gasteiger partial charge in [-0.05, 0) is 25.5 Å². The van der Waals surface area contributed by atoms with Gasteiger partial charge in [0.15, 0.2) is 0 Å². The Labute approximate surface area is 113 Å². The fourth-order valence-electron chi connectivity index (χ4n) is 1.61.